The van der Waals surface area contributed by atoms with E-state index in [0.717, 1.165) is 12.8 Å². The van der Waals surface area contributed by atoms with Gasteiger partial charge in [-0.15, -0.1) is 0 Å². The molecule has 0 aromatic heterocycles. The van der Waals surface area contributed by atoms with E-state index in [1.807, 2.05) is 0 Å². The fraction of sp³-hybridized carbons (Fsp3) is 0.846. The highest BCUT2D eigenvalue weighted by atomic mass is 16.5. The van der Waals surface area contributed by atoms with E-state index in [9.17, 15) is 0 Å². The van der Waals surface area contributed by atoms with Gasteiger partial charge in [0.2, 0.25) is 0 Å². The molecule has 0 saturated carbocycles. The molecular weight excluding hydrogens is 228 g/mol. The van der Waals surface area contributed by atoms with Crippen molar-refractivity contribution < 1.29 is 4.74 Å². The van der Waals surface area contributed by atoms with Gasteiger partial charge in [-0.1, -0.05) is 6.92 Å². The molecule has 0 unspecified atom stereocenters. The average molecular weight is 256 g/mol. The van der Waals surface area contributed by atoms with Crippen LogP contribution in [0.25, 0.3) is 0 Å². The van der Waals surface area contributed by atoms with E-state index >= 15 is 0 Å². The van der Waals surface area contributed by atoms with Crippen LogP contribution in [0.1, 0.15) is 47.5 Å². The quantitative estimate of drug-likeness (QED) is 0.394. The van der Waals surface area contributed by atoms with Gasteiger partial charge in [-0.3, -0.25) is 4.99 Å². The van der Waals surface area contributed by atoms with Crippen LogP contribution in [-0.4, -0.2) is 36.2 Å². The van der Waals surface area contributed by atoms with Gasteiger partial charge in [-0.25, -0.2) is 0 Å². The number of ether oxygens (including phenoxy) is 1. The van der Waals surface area contributed by atoms with Gasteiger partial charge in [0.25, 0.3) is 0 Å². The summed E-state index contributed by atoms with van der Waals surface area (Å²) in [5, 5.41) is 3.55. The summed E-state index contributed by atoms with van der Waals surface area (Å²) in [6.07, 6.45) is 3.48. The molecule has 0 amide bonds. The third-order valence-electron chi connectivity index (χ3n) is 3.00. The summed E-state index contributed by atoms with van der Waals surface area (Å²) in [6.45, 7) is 11.4. The van der Waals surface area contributed by atoms with Crippen LogP contribution in [0.2, 0.25) is 0 Å². The maximum atomic E-state index is 5.82. The zero-order valence-corrected chi connectivity index (χ0v) is 12.4. The lowest BCUT2D eigenvalue weighted by Crippen LogP contribution is -2.28. The van der Waals surface area contributed by atoms with Gasteiger partial charge in [0.05, 0.1) is 16.9 Å². The first-order chi connectivity index (χ1) is 8.26. The smallest absolute Gasteiger partial charge is 0.0914 e. The lowest BCUT2D eigenvalue weighted by molar-refractivity contribution is -0.0256. The molecule has 0 aromatic rings. The molecular formula is C13H28N4O. The van der Waals surface area contributed by atoms with Gasteiger partial charge in [0.15, 0.2) is 0 Å². The Labute approximate surface area is 111 Å². The topological polar surface area (TPSA) is 86.0 Å². The summed E-state index contributed by atoms with van der Waals surface area (Å²) in [6, 6.07) is 0. The van der Waals surface area contributed by atoms with Crippen LogP contribution in [0.5, 0.6) is 0 Å². The van der Waals surface area contributed by atoms with Crippen molar-refractivity contribution in [1.29, 1.82) is 0 Å². The Morgan fingerprint density at radius 1 is 1.28 bits per heavy atom. The molecule has 0 radical (unpaired) electrons. The van der Waals surface area contributed by atoms with E-state index in [1.165, 1.54) is 0 Å². The minimum Gasteiger partial charge on any atom is -0.375 e. The van der Waals surface area contributed by atoms with Crippen molar-refractivity contribution >= 4 is 11.9 Å². The molecule has 0 aromatic carbocycles. The van der Waals surface area contributed by atoms with Crippen LogP contribution in [0.15, 0.2) is 10.1 Å². The third kappa shape index (κ3) is 7.40. The zero-order valence-electron chi connectivity index (χ0n) is 12.4. The second-order valence-corrected chi connectivity index (χ2v) is 5.61. The van der Waals surface area contributed by atoms with E-state index in [4.69, 9.17) is 16.3 Å². The summed E-state index contributed by atoms with van der Waals surface area (Å²) in [5.74, 6) is 5.18. The molecule has 0 aliphatic carbocycles. The largest absolute Gasteiger partial charge is 0.375 e. The van der Waals surface area contributed by atoms with Crippen LogP contribution >= 0.6 is 0 Å². The molecule has 5 nitrogen and oxygen atoms in total. The maximum absolute atomic E-state index is 5.82. The minimum absolute atomic E-state index is 0.0685. The lowest BCUT2D eigenvalue weighted by atomic mass is 10.0. The van der Waals surface area contributed by atoms with Crippen molar-refractivity contribution in [3.8, 4) is 0 Å². The van der Waals surface area contributed by atoms with Gasteiger partial charge in [0, 0.05) is 19.4 Å². The number of aliphatic imine (C=N–C) groups is 1. The van der Waals surface area contributed by atoms with Gasteiger partial charge in [-0.2, -0.15) is 5.10 Å². The second-order valence-electron chi connectivity index (χ2n) is 5.61. The number of hydrogen-bond acceptors (Lipinski definition) is 5. The SMILES string of the molecule is CCC(C)(C)OCCC(C)(C)N=C/C(CN)=N\N. The standard InChI is InChI=1S/C13H28N4O/c1-6-13(4,5)18-8-7-12(2,3)16-10-11(9-14)17-15/h10H,6-9,14-15H2,1-5H3/b16-10?,17-11-. The molecule has 0 heterocycles. The lowest BCUT2D eigenvalue weighted by Gasteiger charge is -2.26. The fourth-order valence-electron chi connectivity index (χ4n) is 1.13. The van der Waals surface area contributed by atoms with E-state index in [2.05, 4.69) is 44.7 Å². The van der Waals surface area contributed by atoms with Crippen LogP contribution in [0.4, 0.5) is 0 Å². The number of hydrazone groups is 1. The van der Waals surface area contributed by atoms with Gasteiger partial charge in [0.1, 0.15) is 0 Å². The van der Waals surface area contributed by atoms with E-state index in [-0.39, 0.29) is 11.1 Å². The Kier molecular flexibility index (Phi) is 7.09. The number of rotatable bonds is 8. The van der Waals surface area contributed by atoms with Crippen molar-refractivity contribution in [2.45, 2.75) is 58.6 Å². The second kappa shape index (κ2) is 7.48. The normalized spacial score (nSPS) is 14.4. The van der Waals surface area contributed by atoms with E-state index in [1.54, 1.807) is 6.21 Å². The molecule has 106 valence electrons. The zero-order chi connectivity index (χ0) is 14.2. The number of hydrogen-bond donors (Lipinski definition) is 2. The van der Waals surface area contributed by atoms with E-state index < -0.39 is 0 Å². The summed E-state index contributed by atoms with van der Waals surface area (Å²) >= 11 is 0. The Hall–Kier alpha value is -0.940. The molecule has 4 N–H and O–H groups in total. The third-order valence-corrected chi connectivity index (χ3v) is 3.00. The Morgan fingerprint density at radius 3 is 2.33 bits per heavy atom. The summed E-state index contributed by atoms with van der Waals surface area (Å²) in [4.78, 5) is 4.45. The molecule has 0 fully saturated rings. The van der Waals surface area contributed by atoms with E-state index in [0.29, 0.717) is 18.9 Å². The number of nitrogens with two attached hydrogens (primary N) is 2. The average Bonchev–Trinajstić information content (AvgIpc) is 2.29. The van der Waals surface area contributed by atoms with Crippen LogP contribution in [-0.2, 0) is 4.74 Å². The Bertz CT molecular complexity index is 295. The van der Waals surface area contributed by atoms with Crippen LogP contribution < -0.4 is 11.6 Å². The molecule has 0 aliphatic heterocycles. The highest BCUT2D eigenvalue weighted by molar-refractivity contribution is 6.31. The molecule has 0 atom stereocenters. The molecule has 5 heteroatoms. The van der Waals surface area contributed by atoms with Crippen molar-refractivity contribution in [3.05, 3.63) is 0 Å². The Balaban J connectivity index is 4.24. The molecule has 0 aliphatic rings. The van der Waals surface area contributed by atoms with Crippen LogP contribution in [0.3, 0.4) is 0 Å². The predicted octanol–water partition coefficient (Wildman–Crippen LogP) is 1.70. The molecule has 0 rings (SSSR count). The van der Waals surface area contributed by atoms with Crippen molar-refractivity contribution in [2.75, 3.05) is 13.2 Å². The summed E-state index contributed by atoms with van der Waals surface area (Å²) in [5.41, 5.74) is 5.79. The predicted molar refractivity (Wildman–Crippen MR) is 78.2 cm³/mol. The molecule has 0 bridgehead atoms. The molecule has 18 heavy (non-hydrogen) atoms. The molecule has 0 spiro atoms. The summed E-state index contributed by atoms with van der Waals surface area (Å²) < 4.78 is 5.82. The minimum atomic E-state index is -0.199. The van der Waals surface area contributed by atoms with Crippen molar-refractivity contribution in [3.63, 3.8) is 0 Å². The van der Waals surface area contributed by atoms with Crippen molar-refractivity contribution in [2.24, 2.45) is 21.7 Å². The van der Waals surface area contributed by atoms with Crippen LogP contribution in [0, 0.1) is 0 Å². The fourth-order valence-corrected chi connectivity index (χ4v) is 1.13. The first kappa shape index (κ1) is 17.1. The molecule has 0 saturated heterocycles. The summed E-state index contributed by atoms with van der Waals surface area (Å²) in [7, 11) is 0. The first-order valence-corrected chi connectivity index (χ1v) is 6.42. The monoisotopic (exact) mass is 256 g/mol. The van der Waals surface area contributed by atoms with Gasteiger partial charge < -0.3 is 16.3 Å². The van der Waals surface area contributed by atoms with Gasteiger partial charge in [-0.05, 0) is 40.5 Å². The highest BCUT2D eigenvalue weighted by Gasteiger charge is 2.19. The van der Waals surface area contributed by atoms with Gasteiger partial charge >= 0.3 is 0 Å². The van der Waals surface area contributed by atoms with Crippen molar-refractivity contribution in [1.82, 2.24) is 0 Å². The number of nitrogens with zero attached hydrogens (tertiary/aromatic N) is 2. The maximum Gasteiger partial charge on any atom is 0.0914 e. The highest BCUT2D eigenvalue weighted by Crippen LogP contribution is 2.18. The first-order valence-electron chi connectivity index (χ1n) is 6.42. The Morgan fingerprint density at radius 2 is 1.89 bits per heavy atom.